The number of ether oxygens (including phenoxy) is 1. The van der Waals surface area contributed by atoms with Crippen LogP contribution >= 0.6 is 15.9 Å². The van der Waals surface area contributed by atoms with Crippen LogP contribution in [0.3, 0.4) is 0 Å². The van der Waals surface area contributed by atoms with E-state index in [9.17, 15) is 14.7 Å². The number of alkyl halides is 1. The predicted molar refractivity (Wildman–Crippen MR) is 77.9 cm³/mol. The molecule has 2 bridgehead atoms. The smallest absolute Gasteiger partial charge is 0.310 e. The molecule has 6 heteroatoms. The van der Waals surface area contributed by atoms with Crippen LogP contribution in [-0.2, 0) is 14.3 Å². The van der Waals surface area contributed by atoms with E-state index in [2.05, 4.69) is 21.2 Å². The first-order valence-electron chi connectivity index (χ1n) is 7.01. The van der Waals surface area contributed by atoms with Crippen LogP contribution in [0.25, 0.3) is 0 Å². The number of nitrogens with one attached hydrogen (secondary N) is 1. The van der Waals surface area contributed by atoms with Gasteiger partial charge in [0.1, 0.15) is 11.9 Å². The Bertz CT molecular complexity index is 617. The fourth-order valence-electron chi connectivity index (χ4n) is 4.10. The summed E-state index contributed by atoms with van der Waals surface area (Å²) in [5.41, 5.74) is 0.620. The van der Waals surface area contributed by atoms with E-state index in [1.807, 2.05) is 0 Å². The van der Waals surface area contributed by atoms with Crippen molar-refractivity contribution in [1.29, 1.82) is 0 Å². The molecule has 1 aliphatic heterocycles. The lowest BCUT2D eigenvalue weighted by molar-refractivity contribution is -0.145. The molecule has 0 aromatic heterocycles. The van der Waals surface area contributed by atoms with E-state index in [-0.39, 0.29) is 52.2 Å². The quantitative estimate of drug-likeness (QED) is 0.484. The summed E-state index contributed by atoms with van der Waals surface area (Å²) in [6.45, 7) is 0. The highest BCUT2D eigenvalue weighted by atomic mass is 79.9. The number of aromatic hydroxyl groups is 1. The van der Waals surface area contributed by atoms with Crippen LogP contribution in [0, 0.1) is 23.7 Å². The van der Waals surface area contributed by atoms with Gasteiger partial charge in [0.15, 0.2) is 0 Å². The number of rotatable bonds is 2. The van der Waals surface area contributed by atoms with Gasteiger partial charge in [-0.2, -0.15) is 0 Å². The molecule has 4 rings (SSSR count). The summed E-state index contributed by atoms with van der Waals surface area (Å²) in [4.78, 5) is 24.6. The fraction of sp³-hybridized carbons (Fsp3) is 0.467. The van der Waals surface area contributed by atoms with Crippen LogP contribution in [0.15, 0.2) is 24.3 Å². The average Bonchev–Trinajstić information content (AvgIpc) is 3.05. The maximum Gasteiger partial charge on any atom is 0.310 e. The predicted octanol–water partition coefficient (Wildman–Crippen LogP) is 1.90. The number of phenolic OH excluding ortho intramolecular Hbond substituents is 1. The van der Waals surface area contributed by atoms with E-state index >= 15 is 0 Å². The number of hydrogen-bond donors (Lipinski definition) is 2. The van der Waals surface area contributed by atoms with Crippen molar-refractivity contribution in [1.82, 2.24) is 0 Å². The molecular formula is C15H14BrNO4. The van der Waals surface area contributed by atoms with Crippen molar-refractivity contribution in [3.05, 3.63) is 24.3 Å². The van der Waals surface area contributed by atoms with Gasteiger partial charge in [-0.3, -0.25) is 9.59 Å². The SMILES string of the molecule is O=C(Nc1ccc(O)cc1)[C@@H]1[C@@H]2C[C@H]3[C@H](OC(=O)[C@@H]31)[C@@H]2Br. The number of fused-ring (bicyclic) bond motifs is 1. The highest BCUT2D eigenvalue weighted by molar-refractivity contribution is 9.09. The number of amides is 1. The average molecular weight is 352 g/mol. The number of anilines is 1. The van der Waals surface area contributed by atoms with Crippen LogP contribution in [0.2, 0.25) is 0 Å². The third-order valence-electron chi connectivity index (χ3n) is 4.96. The van der Waals surface area contributed by atoms with Crippen LogP contribution in [-0.4, -0.2) is 27.9 Å². The largest absolute Gasteiger partial charge is 0.508 e. The van der Waals surface area contributed by atoms with Crippen LogP contribution in [0.5, 0.6) is 5.75 Å². The Kier molecular flexibility index (Phi) is 2.79. The number of hydrogen-bond acceptors (Lipinski definition) is 4. The Morgan fingerprint density at radius 2 is 2.00 bits per heavy atom. The number of phenols is 1. The first kappa shape index (κ1) is 13.1. The lowest BCUT2D eigenvalue weighted by atomic mass is 9.79. The second-order valence-electron chi connectivity index (χ2n) is 6.00. The van der Waals surface area contributed by atoms with Crippen molar-refractivity contribution >= 4 is 33.5 Å². The standard InChI is InChI=1S/C15H14BrNO4/c16-12-8-5-9-11(15(20)21-13(9)12)10(8)14(19)17-6-1-3-7(18)4-2-6/h1-4,8-13,18H,5H2,(H,17,19)/t8-,9+,10+,11-,12+,13-/m0/s1. The lowest BCUT2D eigenvalue weighted by Gasteiger charge is -2.27. The summed E-state index contributed by atoms with van der Waals surface area (Å²) in [6.07, 6.45) is 0.801. The second kappa shape index (κ2) is 4.47. The Labute approximate surface area is 129 Å². The Balaban J connectivity index is 1.57. The number of carbonyl (C=O) groups is 2. The molecule has 1 heterocycles. The molecule has 6 atom stereocenters. The van der Waals surface area contributed by atoms with Crippen molar-refractivity contribution in [2.45, 2.75) is 17.4 Å². The molecule has 3 aliphatic rings. The van der Waals surface area contributed by atoms with Gasteiger partial charge in [0, 0.05) is 11.6 Å². The van der Waals surface area contributed by atoms with E-state index in [4.69, 9.17) is 4.74 Å². The van der Waals surface area contributed by atoms with E-state index in [1.165, 1.54) is 12.1 Å². The fourth-order valence-corrected chi connectivity index (χ4v) is 5.15. The summed E-state index contributed by atoms with van der Waals surface area (Å²) >= 11 is 3.59. The zero-order chi connectivity index (χ0) is 14.7. The summed E-state index contributed by atoms with van der Waals surface area (Å²) in [5, 5.41) is 12.1. The highest BCUT2D eigenvalue weighted by Gasteiger charge is 2.67. The monoisotopic (exact) mass is 351 g/mol. The maximum atomic E-state index is 12.6. The number of halogens is 1. The van der Waals surface area contributed by atoms with Gasteiger partial charge in [-0.1, -0.05) is 15.9 Å². The van der Waals surface area contributed by atoms with E-state index in [0.717, 1.165) is 6.42 Å². The Morgan fingerprint density at radius 3 is 2.71 bits per heavy atom. The molecule has 2 aliphatic carbocycles. The molecule has 0 spiro atoms. The molecule has 0 radical (unpaired) electrons. The molecule has 2 saturated carbocycles. The number of esters is 1. The summed E-state index contributed by atoms with van der Waals surface area (Å²) in [6, 6.07) is 6.32. The molecule has 110 valence electrons. The molecule has 2 N–H and O–H groups in total. The molecule has 5 nitrogen and oxygen atoms in total. The number of benzene rings is 1. The highest BCUT2D eigenvalue weighted by Crippen LogP contribution is 2.60. The van der Waals surface area contributed by atoms with Gasteiger partial charge in [-0.05, 0) is 36.6 Å². The van der Waals surface area contributed by atoms with E-state index < -0.39 is 0 Å². The van der Waals surface area contributed by atoms with Crippen molar-refractivity contribution in [2.24, 2.45) is 23.7 Å². The van der Waals surface area contributed by atoms with Crippen molar-refractivity contribution in [3.63, 3.8) is 0 Å². The minimum absolute atomic E-state index is 0.0646. The van der Waals surface area contributed by atoms with Crippen LogP contribution < -0.4 is 5.32 Å². The van der Waals surface area contributed by atoms with Gasteiger partial charge in [0.25, 0.3) is 0 Å². The van der Waals surface area contributed by atoms with Crippen molar-refractivity contribution in [3.8, 4) is 5.75 Å². The van der Waals surface area contributed by atoms with Crippen molar-refractivity contribution < 1.29 is 19.4 Å². The zero-order valence-electron chi connectivity index (χ0n) is 11.0. The normalized spacial score (nSPS) is 39.4. The van der Waals surface area contributed by atoms with Crippen LogP contribution in [0.1, 0.15) is 6.42 Å². The number of carbonyl (C=O) groups excluding carboxylic acids is 2. The summed E-state index contributed by atoms with van der Waals surface area (Å²) in [7, 11) is 0. The molecule has 1 amide bonds. The molecule has 3 fully saturated rings. The van der Waals surface area contributed by atoms with Gasteiger partial charge >= 0.3 is 5.97 Å². The minimum atomic E-state index is -0.334. The molecule has 1 aromatic rings. The molecular weight excluding hydrogens is 338 g/mol. The second-order valence-corrected chi connectivity index (χ2v) is 7.05. The minimum Gasteiger partial charge on any atom is -0.508 e. The first-order chi connectivity index (χ1) is 10.1. The van der Waals surface area contributed by atoms with E-state index in [1.54, 1.807) is 12.1 Å². The summed E-state index contributed by atoms with van der Waals surface area (Å²) in [5.74, 6) is -0.544. The Hall–Kier alpha value is -1.56. The third-order valence-corrected chi connectivity index (χ3v) is 6.16. The molecule has 1 aromatic carbocycles. The van der Waals surface area contributed by atoms with Gasteiger partial charge in [-0.15, -0.1) is 0 Å². The zero-order valence-corrected chi connectivity index (χ0v) is 12.6. The maximum absolute atomic E-state index is 12.6. The summed E-state index contributed by atoms with van der Waals surface area (Å²) < 4.78 is 5.40. The van der Waals surface area contributed by atoms with E-state index in [0.29, 0.717) is 5.69 Å². The van der Waals surface area contributed by atoms with Crippen molar-refractivity contribution in [2.75, 3.05) is 5.32 Å². The first-order valence-corrected chi connectivity index (χ1v) is 7.92. The topological polar surface area (TPSA) is 75.6 Å². The molecule has 21 heavy (non-hydrogen) atoms. The van der Waals surface area contributed by atoms with Crippen LogP contribution in [0.4, 0.5) is 5.69 Å². The molecule has 0 unspecified atom stereocenters. The van der Waals surface area contributed by atoms with Gasteiger partial charge in [-0.25, -0.2) is 0 Å². The third kappa shape index (κ3) is 1.81. The lowest BCUT2D eigenvalue weighted by Crippen LogP contribution is -2.40. The molecule has 1 saturated heterocycles. The van der Waals surface area contributed by atoms with Gasteiger partial charge in [0.2, 0.25) is 5.91 Å². The Morgan fingerprint density at radius 1 is 1.29 bits per heavy atom. The van der Waals surface area contributed by atoms with Gasteiger partial charge < -0.3 is 15.2 Å². The van der Waals surface area contributed by atoms with Gasteiger partial charge in [0.05, 0.1) is 16.7 Å².